The fraction of sp³-hybridized carbons (Fsp3) is 0.357. The van der Waals surface area contributed by atoms with Gasteiger partial charge >= 0.3 is 0 Å². The molecule has 0 radical (unpaired) electrons. The van der Waals surface area contributed by atoms with E-state index in [0.29, 0.717) is 17.7 Å². The van der Waals surface area contributed by atoms with Crippen LogP contribution in [0, 0.1) is 17.2 Å². The third-order valence-corrected chi connectivity index (χ3v) is 2.48. The van der Waals surface area contributed by atoms with Gasteiger partial charge in [-0.25, -0.2) is 0 Å². The predicted octanol–water partition coefficient (Wildman–Crippen LogP) is 1.14. The number of primary amides is 1. The first-order chi connectivity index (χ1) is 8.93. The summed E-state index contributed by atoms with van der Waals surface area (Å²) in [6.07, 6.45) is 0. The molecular weight excluding hydrogens is 242 g/mol. The molecule has 2 N–H and O–H groups in total. The Morgan fingerprint density at radius 1 is 1.32 bits per heavy atom. The molecule has 0 saturated carbocycles. The van der Waals surface area contributed by atoms with Crippen molar-refractivity contribution >= 4 is 11.8 Å². The number of nitrogens with two attached hydrogens (primary N) is 1. The summed E-state index contributed by atoms with van der Waals surface area (Å²) >= 11 is 0. The number of carbonyl (C=O) groups is 2. The third-order valence-electron chi connectivity index (χ3n) is 2.48. The second-order valence-electron chi connectivity index (χ2n) is 4.73. The van der Waals surface area contributed by atoms with Crippen LogP contribution in [0.1, 0.15) is 29.8 Å². The molecule has 0 atom stereocenters. The van der Waals surface area contributed by atoms with Crippen molar-refractivity contribution in [3.63, 3.8) is 0 Å². The van der Waals surface area contributed by atoms with E-state index in [9.17, 15) is 9.59 Å². The summed E-state index contributed by atoms with van der Waals surface area (Å²) in [7, 11) is 0. The van der Waals surface area contributed by atoms with Crippen LogP contribution < -0.4 is 5.73 Å². The van der Waals surface area contributed by atoms with Crippen LogP contribution in [0.4, 0.5) is 0 Å². The van der Waals surface area contributed by atoms with Crippen LogP contribution in [0.25, 0.3) is 0 Å². The minimum absolute atomic E-state index is 0.100. The van der Waals surface area contributed by atoms with E-state index in [2.05, 4.69) is 0 Å². The summed E-state index contributed by atoms with van der Waals surface area (Å²) in [5.74, 6) is -0.554. The Balaban J connectivity index is 2.91. The van der Waals surface area contributed by atoms with E-state index < -0.39 is 5.91 Å². The summed E-state index contributed by atoms with van der Waals surface area (Å²) in [5.41, 5.74) is 6.09. The van der Waals surface area contributed by atoms with Crippen molar-refractivity contribution in [1.82, 2.24) is 4.90 Å². The number of nitrogens with zero attached hydrogens (tertiary/aromatic N) is 2. The van der Waals surface area contributed by atoms with Gasteiger partial charge in [0.25, 0.3) is 5.91 Å². The molecule has 0 aliphatic rings. The van der Waals surface area contributed by atoms with Crippen LogP contribution in [-0.4, -0.2) is 29.8 Å². The molecule has 0 aliphatic carbocycles. The largest absolute Gasteiger partial charge is 0.368 e. The van der Waals surface area contributed by atoms with E-state index in [4.69, 9.17) is 11.0 Å². The maximum Gasteiger partial charge on any atom is 0.254 e. The minimum atomic E-state index is -0.539. The molecule has 1 aromatic carbocycles. The second kappa shape index (κ2) is 6.55. The molecule has 0 aromatic heterocycles. The van der Waals surface area contributed by atoms with Gasteiger partial charge in [0.1, 0.15) is 0 Å². The Labute approximate surface area is 112 Å². The highest BCUT2D eigenvalue weighted by Gasteiger charge is 2.18. The lowest BCUT2D eigenvalue weighted by molar-refractivity contribution is -0.118. The lowest BCUT2D eigenvalue weighted by Crippen LogP contribution is -2.40. The quantitative estimate of drug-likeness (QED) is 0.860. The Morgan fingerprint density at radius 3 is 2.32 bits per heavy atom. The molecule has 0 unspecified atom stereocenters. The first-order valence-corrected chi connectivity index (χ1v) is 6.01. The van der Waals surface area contributed by atoms with Crippen molar-refractivity contribution < 1.29 is 9.59 Å². The van der Waals surface area contributed by atoms with Crippen molar-refractivity contribution in [1.29, 1.82) is 5.26 Å². The van der Waals surface area contributed by atoms with Crippen molar-refractivity contribution in [2.75, 3.05) is 13.1 Å². The van der Waals surface area contributed by atoms with Gasteiger partial charge < -0.3 is 10.6 Å². The molecule has 1 rings (SSSR count). The van der Waals surface area contributed by atoms with Gasteiger partial charge in [0.05, 0.1) is 18.2 Å². The molecule has 19 heavy (non-hydrogen) atoms. The molecule has 0 aliphatic heterocycles. The zero-order valence-corrected chi connectivity index (χ0v) is 11.1. The molecule has 0 heterocycles. The normalized spacial score (nSPS) is 10.0. The second-order valence-corrected chi connectivity index (χ2v) is 4.73. The smallest absolute Gasteiger partial charge is 0.254 e. The van der Waals surface area contributed by atoms with E-state index in [-0.39, 0.29) is 18.4 Å². The van der Waals surface area contributed by atoms with Gasteiger partial charge in [-0.1, -0.05) is 13.8 Å². The highest BCUT2D eigenvalue weighted by atomic mass is 16.2. The van der Waals surface area contributed by atoms with E-state index in [1.807, 2.05) is 19.9 Å². The number of amides is 2. The average molecular weight is 259 g/mol. The maximum absolute atomic E-state index is 12.3. The van der Waals surface area contributed by atoms with Gasteiger partial charge in [0, 0.05) is 12.1 Å². The molecule has 2 amide bonds. The molecule has 1 aromatic rings. The molecular formula is C14H17N3O2. The van der Waals surface area contributed by atoms with Crippen LogP contribution in [0.15, 0.2) is 24.3 Å². The van der Waals surface area contributed by atoms with Crippen LogP contribution in [0.5, 0.6) is 0 Å². The number of hydrogen-bond donors (Lipinski definition) is 1. The number of nitriles is 1. The van der Waals surface area contributed by atoms with Crippen molar-refractivity contribution in [2.24, 2.45) is 11.7 Å². The summed E-state index contributed by atoms with van der Waals surface area (Å²) in [5, 5.41) is 8.71. The minimum Gasteiger partial charge on any atom is -0.368 e. The molecule has 0 spiro atoms. The standard InChI is InChI=1S/C14H17N3O2/c1-10(2)8-17(9-13(16)18)14(19)12-5-3-11(7-15)4-6-12/h3-6,10H,8-9H2,1-2H3,(H2,16,18). The lowest BCUT2D eigenvalue weighted by atomic mass is 10.1. The zero-order valence-electron chi connectivity index (χ0n) is 11.1. The lowest BCUT2D eigenvalue weighted by Gasteiger charge is -2.23. The predicted molar refractivity (Wildman–Crippen MR) is 71.1 cm³/mol. The van der Waals surface area contributed by atoms with Crippen LogP contribution in [0.2, 0.25) is 0 Å². The molecule has 5 heteroatoms. The van der Waals surface area contributed by atoms with Gasteiger partial charge in [-0.05, 0) is 30.2 Å². The Bertz CT molecular complexity index is 500. The van der Waals surface area contributed by atoms with E-state index >= 15 is 0 Å². The van der Waals surface area contributed by atoms with Gasteiger partial charge in [-0.3, -0.25) is 9.59 Å². The van der Waals surface area contributed by atoms with Gasteiger partial charge in [-0.15, -0.1) is 0 Å². The summed E-state index contributed by atoms with van der Waals surface area (Å²) < 4.78 is 0. The van der Waals surface area contributed by atoms with Crippen LogP contribution in [0.3, 0.4) is 0 Å². The molecule has 5 nitrogen and oxygen atoms in total. The van der Waals surface area contributed by atoms with Gasteiger partial charge in [-0.2, -0.15) is 5.26 Å². The Hall–Kier alpha value is -2.35. The summed E-state index contributed by atoms with van der Waals surface area (Å²) in [4.78, 5) is 24.7. The molecule has 0 saturated heterocycles. The van der Waals surface area contributed by atoms with Gasteiger partial charge in [0.15, 0.2) is 0 Å². The number of rotatable bonds is 5. The van der Waals surface area contributed by atoms with Crippen molar-refractivity contribution in [3.05, 3.63) is 35.4 Å². The summed E-state index contributed by atoms with van der Waals surface area (Å²) in [6, 6.07) is 8.29. The first-order valence-electron chi connectivity index (χ1n) is 6.01. The molecule has 100 valence electrons. The average Bonchev–Trinajstić information content (AvgIpc) is 2.36. The Kier molecular flexibility index (Phi) is 5.07. The van der Waals surface area contributed by atoms with Crippen molar-refractivity contribution in [3.8, 4) is 6.07 Å². The highest BCUT2D eigenvalue weighted by Crippen LogP contribution is 2.09. The monoisotopic (exact) mass is 259 g/mol. The van der Waals surface area contributed by atoms with Crippen LogP contribution in [-0.2, 0) is 4.79 Å². The van der Waals surface area contributed by atoms with E-state index in [1.54, 1.807) is 24.3 Å². The Morgan fingerprint density at radius 2 is 1.89 bits per heavy atom. The van der Waals surface area contributed by atoms with Gasteiger partial charge in [0.2, 0.25) is 5.91 Å². The topological polar surface area (TPSA) is 87.2 Å². The van der Waals surface area contributed by atoms with E-state index in [0.717, 1.165) is 0 Å². The SMILES string of the molecule is CC(C)CN(CC(N)=O)C(=O)c1ccc(C#N)cc1. The van der Waals surface area contributed by atoms with Crippen LogP contribution >= 0.6 is 0 Å². The number of benzene rings is 1. The number of carbonyl (C=O) groups excluding carboxylic acids is 2. The fourth-order valence-electron chi connectivity index (χ4n) is 1.72. The first kappa shape index (κ1) is 14.7. The molecule has 0 fully saturated rings. The zero-order chi connectivity index (χ0) is 14.4. The van der Waals surface area contributed by atoms with Crippen molar-refractivity contribution in [2.45, 2.75) is 13.8 Å². The molecule has 0 bridgehead atoms. The summed E-state index contributed by atoms with van der Waals surface area (Å²) in [6.45, 7) is 4.28. The maximum atomic E-state index is 12.3. The third kappa shape index (κ3) is 4.43. The number of hydrogen-bond acceptors (Lipinski definition) is 3. The highest BCUT2D eigenvalue weighted by molar-refractivity contribution is 5.96. The van der Waals surface area contributed by atoms with E-state index in [1.165, 1.54) is 4.90 Å². The fourth-order valence-corrected chi connectivity index (χ4v) is 1.72.